The van der Waals surface area contributed by atoms with Gasteiger partial charge in [0.1, 0.15) is 5.82 Å². The molecule has 0 fully saturated rings. The zero-order chi connectivity index (χ0) is 18.9. The van der Waals surface area contributed by atoms with Gasteiger partial charge in [0.05, 0.1) is 13.3 Å². The number of carbonyl (C=O) groups is 1. The first-order chi connectivity index (χ1) is 13.2. The van der Waals surface area contributed by atoms with Crippen LogP contribution in [0.25, 0.3) is 0 Å². The molecule has 2 aromatic carbocycles. The maximum atomic E-state index is 11.4. The van der Waals surface area contributed by atoms with Crippen LogP contribution in [0.5, 0.6) is 0 Å². The number of aryl methyl sites for hydroxylation is 1. The van der Waals surface area contributed by atoms with Crippen LogP contribution in [0.15, 0.2) is 73.2 Å². The van der Waals surface area contributed by atoms with Crippen molar-refractivity contribution < 1.29 is 9.53 Å². The number of nitrogens with zero attached hydrogens (tertiary/aromatic N) is 3. The van der Waals surface area contributed by atoms with Gasteiger partial charge in [0, 0.05) is 31.9 Å². The molecule has 0 N–H and O–H groups in total. The molecule has 27 heavy (non-hydrogen) atoms. The molecule has 0 aliphatic heterocycles. The molecule has 5 heteroatoms. The molecule has 0 radical (unpaired) electrons. The first kappa shape index (κ1) is 18.6. The minimum Gasteiger partial charge on any atom is -0.469 e. The van der Waals surface area contributed by atoms with Gasteiger partial charge in [-0.2, -0.15) is 0 Å². The van der Waals surface area contributed by atoms with Crippen molar-refractivity contribution >= 4 is 11.8 Å². The van der Waals surface area contributed by atoms with Gasteiger partial charge in [-0.3, -0.25) is 9.78 Å². The Morgan fingerprint density at radius 1 is 0.963 bits per heavy atom. The Morgan fingerprint density at radius 2 is 1.70 bits per heavy atom. The summed E-state index contributed by atoms with van der Waals surface area (Å²) in [7, 11) is 1.42. The summed E-state index contributed by atoms with van der Waals surface area (Å²) in [5.74, 6) is 0.645. The highest BCUT2D eigenvalue weighted by molar-refractivity contribution is 5.69. The summed E-state index contributed by atoms with van der Waals surface area (Å²) in [5.41, 5.74) is 3.50. The minimum absolute atomic E-state index is 0.189. The molecule has 1 aromatic heterocycles. The predicted molar refractivity (Wildman–Crippen MR) is 105 cm³/mol. The van der Waals surface area contributed by atoms with Crippen LogP contribution in [0.1, 0.15) is 23.1 Å². The summed E-state index contributed by atoms with van der Waals surface area (Å²) in [6.45, 7) is 1.45. The molecule has 0 saturated heterocycles. The number of benzene rings is 2. The highest BCUT2D eigenvalue weighted by atomic mass is 16.5. The first-order valence-electron chi connectivity index (χ1n) is 8.94. The fraction of sp³-hybridized carbons (Fsp3) is 0.227. The molecule has 1 heterocycles. The van der Waals surface area contributed by atoms with Crippen LogP contribution in [-0.4, -0.2) is 23.0 Å². The molecule has 0 aliphatic rings. The van der Waals surface area contributed by atoms with E-state index in [2.05, 4.69) is 39.1 Å². The molecule has 0 spiro atoms. The molecule has 5 nitrogen and oxygen atoms in total. The van der Waals surface area contributed by atoms with Crippen molar-refractivity contribution in [3.63, 3.8) is 0 Å². The summed E-state index contributed by atoms with van der Waals surface area (Å²) in [6, 6.07) is 18.6. The molecular weight excluding hydrogens is 338 g/mol. The Hall–Kier alpha value is -3.21. The quantitative estimate of drug-likeness (QED) is 0.572. The number of anilines is 1. The van der Waals surface area contributed by atoms with E-state index in [-0.39, 0.29) is 5.97 Å². The Labute approximate surface area is 159 Å². The average molecular weight is 361 g/mol. The van der Waals surface area contributed by atoms with Crippen LogP contribution in [-0.2, 0) is 29.0 Å². The Kier molecular flexibility index (Phi) is 6.52. The van der Waals surface area contributed by atoms with Gasteiger partial charge >= 0.3 is 5.97 Å². The summed E-state index contributed by atoms with van der Waals surface area (Å²) in [4.78, 5) is 22.3. The topological polar surface area (TPSA) is 55.3 Å². The van der Waals surface area contributed by atoms with Gasteiger partial charge in [0.2, 0.25) is 0 Å². The van der Waals surface area contributed by atoms with E-state index in [1.54, 1.807) is 18.6 Å². The Morgan fingerprint density at radius 3 is 2.44 bits per heavy atom. The maximum Gasteiger partial charge on any atom is 0.305 e. The van der Waals surface area contributed by atoms with E-state index in [0.717, 1.165) is 17.9 Å². The van der Waals surface area contributed by atoms with Crippen molar-refractivity contribution in [3.05, 3.63) is 89.9 Å². The third kappa shape index (κ3) is 5.64. The fourth-order valence-corrected chi connectivity index (χ4v) is 2.93. The monoisotopic (exact) mass is 361 g/mol. The molecule has 3 rings (SSSR count). The van der Waals surface area contributed by atoms with Gasteiger partial charge in [-0.1, -0.05) is 54.6 Å². The third-order valence-electron chi connectivity index (χ3n) is 4.30. The molecule has 0 saturated carbocycles. The third-order valence-corrected chi connectivity index (χ3v) is 4.30. The summed E-state index contributed by atoms with van der Waals surface area (Å²) >= 11 is 0. The normalized spacial score (nSPS) is 10.4. The number of aromatic nitrogens is 2. The van der Waals surface area contributed by atoms with Crippen LogP contribution < -0.4 is 4.90 Å². The minimum atomic E-state index is -0.189. The predicted octanol–water partition coefficient (Wildman–Crippen LogP) is 3.79. The van der Waals surface area contributed by atoms with Crippen molar-refractivity contribution in [1.82, 2.24) is 9.97 Å². The van der Waals surface area contributed by atoms with Crippen LogP contribution in [0, 0.1) is 0 Å². The molecule has 0 aliphatic carbocycles. The standard InChI is InChI=1S/C22H23N3O2/c1-27-22(26)11-10-18-8-5-9-20(14-18)17-25(21-15-23-12-13-24-21)16-19-6-3-2-4-7-19/h2-9,12-15H,10-11,16-17H2,1H3. The Bertz CT molecular complexity index is 854. The van der Waals surface area contributed by atoms with E-state index in [1.165, 1.54) is 18.2 Å². The van der Waals surface area contributed by atoms with E-state index in [9.17, 15) is 4.79 Å². The molecule has 138 valence electrons. The number of hydrogen-bond donors (Lipinski definition) is 0. The number of ether oxygens (including phenoxy) is 1. The SMILES string of the molecule is COC(=O)CCc1cccc(CN(Cc2ccccc2)c2cnccn2)c1. The average Bonchev–Trinajstić information content (AvgIpc) is 2.73. The second-order valence-corrected chi connectivity index (χ2v) is 6.30. The lowest BCUT2D eigenvalue weighted by Crippen LogP contribution is -2.23. The van der Waals surface area contributed by atoms with Crippen molar-refractivity contribution in [2.75, 3.05) is 12.0 Å². The molecule has 0 atom stereocenters. The number of rotatable bonds is 8. The molecule has 0 amide bonds. The number of hydrogen-bond acceptors (Lipinski definition) is 5. The van der Waals surface area contributed by atoms with Gasteiger partial charge < -0.3 is 9.64 Å². The number of carbonyl (C=O) groups excluding carboxylic acids is 1. The second kappa shape index (κ2) is 9.48. The van der Waals surface area contributed by atoms with Gasteiger partial charge in [0.25, 0.3) is 0 Å². The highest BCUT2D eigenvalue weighted by Gasteiger charge is 2.11. The number of methoxy groups -OCH3 is 1. The summed E-state index contributed by atoms with van der Waals surface area (Å²) in [6.07, 6.45) is 6.23. The largest absolute Gasteiger partial charge is 0.469 e. The van der Waals surface area contributed by atoms with E-state index in [0.29, 0.717) is 19.4 Å². The van der Waals surface area contributed by atoms with E-state index >= 15 is 0 Å². The number of esters is 1. The van der Waals surface area contributed by atoms with Crippen LogP contribution in [0.4, 0.5) is 5.82 Å². The van der Waals surface area contributed by atoms with Gasteiger partial charge in [-0.15, -0.1) is 0 Å². The van der Waals surface area contributed by atoms with E-state index < -0.39 is 0 Å². The maximum absolute atomic E-state index is 11.4. The lowest BCUT2D eigenvalue weighted by Gasteiger charge is -2.24. The molecule has 0 bridgehead atoms. The molecular formula is C22H23N3O2. The van der Waals surface area contributed by atoms with Crippen molar-refractivity contribution in [2.24, 2.45) is 0 Å². The van der Waals surface area contributed by atoms with Gasteiger partial charge in [-0.05, 0) is 23.1 Å². The lowest BCUT2D eigenvalue weighted by molar-refractivity contribution is -0.140. The molecule has 3 aromatic rings. The van der Waals surface area contributed by atoms with Crippen LogP contribution >= 0.6 is 0 Å². The zero-order valence-corrected chi connectivity index (χ0v) is 15.4. The summed E-state index contributed by atoms with van der Waals surface area (Å²) < 4.78 is 4.73. The van der Waals surface area contributed by atoms with Crippen LogP contribution in [0.3, 0.4) is 0 Å². The molecule has 0 unspecified atom stereocenters. The van der Waals surface area contributed by atoms with Gasteiger partial charge in [0.15, 0.2) is 0 Å². The van der Waals surface area contributed by atoms with Crippen LogP contribution in [0.2, 0.25) is 0 Å². The second-order valence-electron chi connectivity index (χ2n) is 6.30. The highest BCUT2D eigenvalue weighted by Crippen LogP contribution is 2.18. The summed E-state index contributed by atoms with van der Waals surface area (Å²) in [5, 5.41) is 0. The lowest BCUT2D eigenvalue weighted by atomic mass is 10.1. The van der Waals surface area contributed by atoms with Gasteiger partial charge in [-0.25, -0.2) is 4.98 Å². The Balaban J connectivity index is 1.76. The fourth-order valence-electron chi connectivity index (χ4n) is 2.93. The van der Waals surface area contributed by atoms with Crippen molar-refractivity contribution in [3.8, 4) is 0 Å². The van der Waals surface area contributed by atoms with E-state index in [1.807, 2.05) is 30.3 Å². The van der Waals surface area contributed by atoms with E-state index in [4.69, 9.17) is 4.74 Å². The zero-order valence-electron chi connectivity index (χ0n) is 15.4. The van der Waals surface area contributed by atoms with Crippen molar-refractivity contribution in [1.29, 1.82) is 0 Å². The van der Waals surface area contributed by atoms with Crippen molar-refractivity contribution in [2.45, 2.75) is 25.9 Å². The first-order valence-corrected chi connectivity index (χ1v) is 8.94. The smallest absolute Gasteiger partial charge is 0.305 e.